The smallest absolute Gasteiger partial charge is 0.264 e. The molecule has 9 nitrogen and oxygen atoms in total. The fourth-order valence-electron chi connectivity index (χ4n) is 3.75. The first-order valence-corrected chi connectivity index (χ1v) is 11.8. The van der Waals surface area contributed by atoms with E-state index in [4.69, 9.17) is 9.72 Å². The van der Waals surface area contributed by atoms with Crippen molar-refractivity contribution in [3.8, 4) is 17.1 Å². The van der Waals surface area contributed by atoms with Gasteiger partial charge in [0.25, 0.3) is 10.0 Å². The van der Waals surface area contributed by atoms with Gasteiger partial charge < -0.3 is 9.30 Å². The fraction of sp³-hybridized carbons (Fsp3) is 0.130. The van der Waals surface area contributed by atoms with Crippen LogP contribution in [0.1, 0.15) is 5.82 Å². The first kappa shape index (κ1) is 22.6. The summed E-state index contributed by atoms with van der Waals surface area (Å²) in [6.45, 7) is 1.88. The van der Waals surface area contributed by atoms with Crippen molar-refractivity contribution in [3.63, 3.8) is 0 Å². The Balaban J connectivity index is 1.61. The Morgan fingerprint density at radius 1 is 1.00 bits per heavy atom. The molecule has 0 aliphatic heterocycles. The molecule has 0 unspecified atom stereocenters. The summed E-state index contributed by atoms with van der Waals surface area (Å²) in [6.07, 6.45) is 3.16. The molecule has 0 saturated heterocycles. The van der Waals surface area contributed by atoms with E-state index >= 15 is 0 Å². The summed E-state index contributed by atoms with van der Waals surface area (Å²) in [5.74, 6) is -1.35. The molecule has 0 radical (unpaired) electrons. The van der Waals surface area contributed by atoms with Crippen molar-refractivity contribution in [2.75, 3.05) is 11.8 Å². The number of nitrogens with zero attached hydrogens (tertiary/aromatic N) is 5. The third kappa shape index (κ3) is 3.91. The minimum Gasteiger partial charge on any atom is -0.480 e. The first-order chi connectivity index (χ1) is 16.7. The summed E-state index contributed by atoms with van der Waals surface area (Å²) in [5.41, 5.74) is 3.72. The summed E-state index contributed by atoms with van der Waals surface area (Å²) in [4.78, 5) is 17.1. The maximum Gasteiger partial charge on any atom is 0.264 e. The molecule has 0 aliphatic carbocycles. The first-order valence-electron chi connectivity index (χ1n) is 10.3. The van der Waals surface area contributed by atoms with Gasteiger partial charge in [0.05, 0.1) is 30.0 Å². The van der Waals surface area contributed by atoms with Crippen LogP contribution in [0.2, 0.25) is 0 Å². The quantitative estimate of drug-likeness (QED) is 0.392. The van der Waals surface area contributed by atoms with Gasteiger partial charge in [0.1, 0.15) is 39.1 Å². The van der Waals surface area contributed by atoms with Crippen molar-refractivity contribution in [2.24, 2.45) is 7.05 Å². The van der Waals surface area contributed by atoms with Crippen LogP contribution in [0.5, 0.6) is 5.88 Å². The highest BCUT2D eigenvalue weighted by molar-refractivity contribution is 7.92. The number of halogens is 2. The van der Waals surface area contributed by atoms with E-state index in [-0.39, 0.29) is 11.6 Å². The van der Waals surface area contributed by atoms with Crippen LogP contribution >= 0.6 is 0 Å². The molecule has 1 N–H and O–H groups in total. The van der Waals surface area contributed by atoms with Gasteiger partial charge in [0, 0.05) is 24.9 Å². The average Bonchev–Trinajstić information content (AvgIpc) is 3.12. The highest BCUT2D eigenvalue weighted by atomic mass is 32.2. The fourth-order valence-corrected chi connectivity index (χ4v) is 4.86. The van der Waals surface area contributed by atoms with Gasteiger partial charge in [-0.2, -0.15) is 0 Å². The third-order valence-electron chi connectivity index (χ3n) is 5.54. The Bertz CT molecular complexity index is 1740. The van der Waals surface area contributed by atoms with Gasteiger partial charge in [0.2, 0.25) is 5.88 Å². The van der Waals surface area contributed by atoms with Crippen LogP contribution in [0.4, 0.5) is 14.5 Å². The van der Waals surface area contributed by atoms with Crippen molar-refractivity contribution in [3.05, 3.63) is 66.3 Å². The number of hydrogen-bond acceptors (Lipinski definition) is 7. The number of benzene rings is 1. The van der Waals surface area contributed by atoms with Crippen molar-refractivity contribution in [1.29, 1.82) is 0 Å². The number of aryl methyl sites for hydroxylation is 2. The Hall–Kier alpha value is -4.19. The van der Waals surface area contributed by atoms with Gasteiger partial charge in [-0.15, -0.1) is 0 Å². The highest BCUT2D eigenvalue weighted by Gasteiger charge is 2.22. The normalized spacial score (nSPS) is 11.8. The molecule has 5 aromatic rings. The number of hydrogen-bond donors (Lipinski definition) is 1. The van der Waals surface area contributed by atoms with Crippen LogP contribution < -0.4 is 9.46 Å². The molecule has 0 aliphatic rings. The lowest BCUT2D eigenvalue weighted by molar-refractivity contribution is 0.400. The number of pyridine rings is 3. The highest BCUT2D eigenvalue weighted by Crippen LogP contribution is 2.31. The monoisotopic (exact) mass is 496 g/mol. The SMILES string of the molecule is COc1ncc(-c2ccc3ncc4nc(C)n(C)c4c3n2)cc1NS(=O)(=O)c1ccc(F)cc1F. The molecule has 0 amide bonds. The van der Waals surface area contributed by atoms with Crippen LogP contribution in [0.25, 0.3) is 33.3 Å². The molecular weight excluding hydrogens is 478 g/mol. The predicted molar refractivity (Wildman–Crippen MR) is 125 cm³/mol. The Kier molecular flexibility index (Phi) is 5.32. The second kappa shape index (κ2) is 8.24. The number of imidazole rings is 1. The van der Waals surface area contributed by atoms with Gasteiger partial charge >= 0.3 is 0 Å². The third-order valence-corrected chi connectivity index (χ3v) is 6.94. The van der Waals surface area contributed by atoms with Crippen molar-refractivity contribution < 1.29 is 21.9 Å². The molecule has 12 heteroatoms. The maximum atomic E-state index is 14.2. The van der Waals surface area contributed by atoms with Crippen molar-refractivity contribution in [1.82, 2.24) is 24.5 Å². The van der Waals surface area contributed by atoms with Gasteiger partial charge in [-0.05, 0) is 37.3 Å². The maximum absolute atomic E-state index is 14.2. The summed E-state index contributed by atoms with van der Waals surface area (Å²) in [5, 5.41) is 0. The Morgan fingerprint density at radius 3 is 2.54 bits per heavy atom. The average molecular weight is 496 g/mol. The molecule has 4 heterocycles. The summed E-state index contributed by atoms with van der Waals surface area (Å²) >= 11 is 0. The lowest BCUT2D eigenvalue weighted by Gasteiger charge is -2.13. The lowest BCUT2D eigenvalue weighted by Crippen LogP contribution is -2.16. The van der Waals surface area contributed by atoms with E-state index < -0.39 is 26.6 Å². The largest absolute Gasteiger partial charge is 0.480 e. The topological polar surface area (TPSA) is 112 Å². The zero-order valence-electron chi connectivity index (χ0n) is 18.7. The van der Waals surface area contributed by atoms with E-state index in [0.717, 1.165) is 23.5 Å². The number of fused-ring (bicyclic) bond motifs is 3. The van der Waals surface area contributed by atoms with Crippen LogP contribution in [0, 0.1) is 18.6 Å². The van der Waals surface area contributed by atoms with E-state index in [1.165, 1.54) is 19.4 Å². The molecule has 1 aromatic carbocycles. The molecule has 0 bridgehead atoms. The number of aromatic nitrogens is 5. The van der Waals surface area contributed by atoms with Crippen LogP contribution in [0.3, 0.4) is 0 Å². The summed E-state index contributed by atoms with van der Waals surface area (Å²) < 4.78 is 62.4. The number of ether oxygens (including phenoxy) is 1. The molecule has 178 valence electrons. The Morgan fingerprint density at radius 2 is 1.80 bits per heavy atom. The second-order valence-corrected chi connectivity index (χ2v) is 9.39. The molecule has 35 heavy (non-hydrogen) atoms. The minimum atomic E-state index is -4.41. The zero-order valence-corrected chi connectivity index (χ0v) is 19.6. The standard InChI is InChI=1S/C23H18F2N6O3S/c1-12-28-19-11-26-17-6-5-16(29-21(17)22(19)31(12)2)13-8-18(23(34-3)27-10-13)30-35(32,33)20-7-4-14(24)9-15(20)25/h4-11,30H,1-3H3. The number of rotatable bonds is 5. The van der Waals surface area contributed by atoms with Crippen molar-refractivity contribution in [2.45, 2.75) is 11.8 Å². The van der Waals surface area contributed by atoms with Gasteiger partial charge in [-0.3, -0.25) is 9.71 Å². The van der Waals surface area contributed by atoms with E-state index in [0.29, 0.717) is 33.9 Å². The van der Waals surface area contributed by atoms with E-state index in [2.05, 4.69) is 19.7 Å². The van der Waals surface area contributed by atoms with E-state index in [1.807, 2.05) is 18.5 Å². The number of nitrogens with one attached hydrogen (secondary N) is 1. The zero-order chi connectivity index (χ0) is 24.9. The molecule has 5 rings (SSSR count). The van der Waals surface area contributed by atoms with Gasteiger partial charge in [0.15, 0.2) is 0 Å². The number of methoxy groups -OCH3 is 1. The molecule has 0 atom stereocenters. The van der Waals surface area contributed by atoms with Gasteiger partial charge in [-0.25, -0.2) is 32.2 Å². The van der Waals surface area contributed by atoms with E-state index in [1.54, 1.807) is 18.3 Å². The van der Waals surface area contributed by atoms with Crippen LogP contribution in [0.15, 0.2) is 53.7 Å². The number of sulfonamides is 1. The van der Waals surface area contributed by atoms with E-state index in [9.17, 15) is 17.2 Å². The molecule has 0 saturated carbocycles. The van der Waals surface area contributed by atoms with Crippen LogP contribution in [-0.4, -0.2) is 40.0 Å². The number of anilines is 1. The molecular formula is C23H18F2N6O3S. The molecule has 4 aromatic heterocycles. The molecule has 0 fully saturated rings. The predicted octanol–water partition coefficient (Wildman–Crippen LogP) is 3.97. The lowest BCUT2D eigenvalue weighted by atomic mass is 10.1. The summed E-state index contributed by atoms with van der Waals surface area (Å²) in [7, 11) is -1.21. The second-order valence-electron chi connectivity index (χ2n) is 7.74. The van der Waals surface area contributed by atoms with Crippen molar-refractivity contribution >= 4 is 37.8 Å². The van der Waals surface area contributed by atoms with Crippen LogP contribution in [-0.2, 0) is 17.1 Å². The van der Waals surface area contributed by atoms with Gasteiger partial charge in [-0.1, -0.05) is 0 Å². The minimum absolute atomic E-state index is 0.0352. The summed E-state index contributed by atoms with van der Waals surface area (Å²) in [6, 6.07) is 7.19. The Labute approximate surface area is 198 Å². The molecule has 0 spiro atoms.